The Kier molecular flexibility index (Phi) is 4.67. The lowest BCUT2D eigenvalue weighted by Crippen LogP contribution is -2.04. The summed E-state index contributed by atoms with van der Waals surface area (Å²) < 4.78 is 31.3. The molecule has 0 radical (unpaired) electrons. The number of halogens is 1. The molecule has 4 rings (SSSR count). The van der Waals surface area contributed by atoms with Crippen LogP contribution >= 0.6 is 27.3 Å². The Labute approximate surface area is 166 Å². The van der Waals surface area contributed by atoms with Gasteiger partial charge in [0, 0.05) is 4.47 Å². The average Bonchev–Trinajstić information content (AvgIpc) is 3.14. The SMILES string of the molecule is O=c1c(-c2nnc(S(=O)(=O)Cc3ccccc3)s2)coc2ccc(Br)cc12. The fraction of sp³-hybridized carbons (Fsp3) is 0.0556. The van der Waals surface area contributed by atoms with Gasteiger partial charge in [0.2, 0.25) is 19.6 Å². The molecule has 0 N–H and O–H groups in total. The van der Waals surface area contributed by atoms with Crippen LogP contribution in [0.25, 0.3) is 21.5 Å². The van der Waals surface area contributed by atoms with Crippen LogP contribution < -0.4 is 5.43 Å². The van der Waals surface area contributed by atoms with Gasteiger partial charge in [-0.15, -0.1) is 10.2 Å². The summed E-state index contributed by atoms with van der Waals surface area (Å²) in [5.74, 6) is -0.179. The average molecular weight is 463 g/mol. The predicted molar refractivity (Wildman–Crippen MR) is 106 cm³/mol. The largest absolute Gasteiger partial charge is 0.463 e. The van der Waals surface area contributed by atoms with Gasteiger partial charge in [-0.25, -0.2) is 8.42 Å². The highest BCUT2D eigenvalue weighted by atomic mass is 79.9. The zero-order chi connectivity index (χ0) is 19.0. The minimum atomic E-state index is -3.66. The van der Waals surface area contributed by atoms with Gasteiger partial charge in [-0.2, -0.15) is 0 Å². The van der Waals surface area contributed by atoms with Crippen molar-refractivity contribution in [3.05, 3.63) is 75.1 Å². The molecule has 0 amide bonds. The van der Waals surface area contributed by atoms with Crippen molar-refractivity contribution in [1.29, 1.82) is 0 Å². The lowest BCUT2D eigenvalue weighted by Gasteiger charge is -2.00. The molecule has 27 heavy (non-hydrogen) atoms. The van der Waals surface area contributed by atoms with Crippen molar-refractivity contribution in [1.82, 2.24) is 10.2 Å². The molecule has 0 fully saturated rings. The van der Waals surface area contributed by atoms with Gasteiger partial charge >= 0.3 is 0 Å². The van der Waals surface area contributed by atoms with Gasteiger partial charge < -0.3 is 4.42 Å². The van der Waals surface area contributed by atoms with Gasteiger partial charge in [0.1, 0.15) is 11.8 Å². The molecule has 0 atom stereocenters. The summed E-state index contributed by atoms with van der Waals surface area (Å²) in [6.45, 7) is 0. The van der Waals surface area contributed by atoms with Crippen molar-refractivity contribution in [2.24, 2.45) is 0 Å². The van der Waals surface area contributed by atoms with E-state index in [1.165, 1.54) is 6.26 Å². The summed E-state index contributed by atoms with van der Waals surface area (Å²) >= 11 is 4.18. The molecule has 6 nitrogen and oxygen atoms in total. The summed E-state index contributed by atoms with van der Waals surface area (Å²) in [6.07, 6.45) is 1.28. The molecule has 2 aromatic heterocycles. The Morgan fingerprint density at radius 3 is 2.63 bits per heavy atom. The molecule has 0 bridgehead atoms. The first-order valence-electron chi connectivity index (χ1n) is 7.76. The van der Waals surface area contributed by atoms with Crippen LogP contribution in [0.5, 0.6) is 0 Å². The molecule has 0 aliphatic rings. The van der Waals surface area contributed by atoms with E-state index in [4.69, 9.17) is 4.42 Å². The zero-order valence-corrected chi connectivity index (χ0v) is 16.8. The quantitative estimate of drug-likeness (QED) is 0.454. The van der Waals surface area contributed by atoms with Crippen molar-refractivity contribution >= 4 is 48.1 Å². The van der Waals surface area contributed by atoms with E-state index in [1.54, 1.807) is 42.5 Å². The Morgan fingerprint density at radius 2 is 1.85 bits per heavy atom. The van der Waals surface area contributed by atoms with Crippen molar-refractivity contribution in [2.75, 3.05) is 0 Å². The van der Waals surface area contributed by atoms with E-state index in [1.807, 2.05) is 6.07 Å². The molecule has 0 spiro atoms. The fourth-order valence-corrected chi connectivity index (χ4v) is 5.33. The smallest absolute Gasteiger partial charge is 0.233 e. The first kappa shape index (κ1) is 18.0. The van der Waals surface area contributed by atoms with Crippen molar-refractivity contribution in [3.8, 4) is 10.6 Å². The molecule has 0 saturated heterocycles. The first-order valence-corrected chi connectivity index (χ1v) is 11.0. The maximum atomic E-state index is 12.7. The number of benzene rings is 2. The summed E-state index contributed by atoms with van der Waals surface area (Å²) in [7, 11) is -3.66. The highest BCUT2D eigenvalue weighted by Crippen LogP contribution is 2.28. The zero-order valence-electron chi connectivity index (χ0n) is 13.6. The molecule has 0 unspecified atom stereocenters. The van der Waals surface area contributed by atoms with Gasteiger partial charge in [0.05, 0.1) is 16.7 Å². The maximum Gasteiger partial charge on any atom is 0.233 e. The summed E-state index contributed by atoms with van der Waals surface area (Å²) in [4.78, 5) is 12.7. The number of nitrogens with zero attached hydrogens (tertiary/aromatic N) is 2. The van der Waals surface area contributed by atoms with Crippen LogP contribution in [0.15, 0.2) is 72.8 Å². The van der Waals surface area contributed by atoms with Crippen LogP contribution in [0.2, 0.25) is 0 Å². The van der Waals surface area contributed by atoms with Crippen LogP contribution in [-0.4, -0.2) is 18.6 Å². The van der Waals surface area contributed by atoms with E-state index < -0.39 is 9.84 Å². The molecule has 0 aliphatic carbocycles. The molecular formula is C18H11BrN2O4S2. The number of fused-ring (bicyclic) bond motifs is 1. The Bertz CT molecular complexity index is 1300. The second-order valence-electron chi connectivity index (χ2n) is 5.74. The minimum absolute atomic E-state index is 0.130. The molecule has 2 aromatic carbocycles. The van der Waals surface area contributed by atoms with E-state index >= 15 is 0 Å². The van der Waals surface area contributed by atoms with Gasteiger partial charge in [0.25, 0.3) is 0 Å². The molecule has 0 saturated carbocycles. The third kappa shape index (κ3) is 3.58. The molecule has 4 aromatic rings. The van der Waals surface area contributed by atoms with Crippen molar-refractivity contribution < 1.29 is 12.8 Å². The van der Waals surface area contributed by atoms with E-state index in [0.29, 0.717) is 16.5 Å². The summed E-state index contributed by atoms with van der Waals surface area (Å²) in [5.41, 5.74) is 0.984. The van der Waals surface area contributed by atoms with Crippen molar-refractivity contribution in [3.63, 3.8) is 0 Å². The topological polar surface area (TPSA) is 90.1 Å². The van der Waals surface area contributed by atoms with Crippen LogP contribution in [0.3, 0.4) is 0 Å². The summed E-state index contributed by atoms with van der Waals surface area (Å²) in [6, 6.07) is 13.9. The van der Waals surface area contributed by atoms with Crippen LogP contribution in [0.4, 0.5) is 0 Å². The van der Waals surface area contributed by atoms with E-state index in [0.717, 1.165) is 15.8 Å². The first-order chi connectivity index (χ1) is 12.9. The molecule has 2 heterocycles. The minimum Gasteiger partial charge on any atom is -0.463 e. The highest BCUT2D eigenvalue weighted by molar-refractivity contribution is 9.10. The molecule has 9 heteroatoms. The van der Waals surface area contributed by atoms with Gasteiger partial charge in [-0.1, -0.05) is 57.6 Å². The molecule has 136 valence electrons. The molecular weight excluding hydrogens is 452 g/mol. The number of sulfone groups is 1. The van der Waals surface area contributed by atoms with Crippen molar-refractivity contribution in [2.45, 2.75) is 10.1 Å². The summed E-state index contributed by atoms with van der Waals surface area (Å²) in [5, 5.41) is 8.28. The number of hydrogen-bond acceptors (Lipinski definition) is 7. The highest BCUT2D eigenvalue weighted by Gasteiger charge is 2.23. The van der Waals surface area contributed by atoms with Crippen LogP contribution in [-0.2, 0) is 15.6 Å². The van der Waals surface area contributed by atoms with Crippen LogP contribution in [0.1, 0.15) is 5.56 Å². The standard InChI is InChI=1S/C18H11BrN2O4S2/c19-12-6-7-15-13(8-12)16(22)14(9-25-15)17-20-21-18(26-17)27(23,24)10-11-4-2-1-3-5-11/h1-9H,10H2. The second-order valence-corrected chi connectivity index (χ2v) is 9.79. The number of rotatable bonds is 4. The Balaban J connectivity index is 1.74. The van der Waals surface area contributed by atoms with E-state index in [2.05, 4.69) is 26.1 Å². The molecule has 0 aliphatic heterocycles. The third-order valence-electron chi connectivity index (χ3n) is 3.84. The van der Waals surface area contributed by atoms with Gasteiger partial charge in [0.15, 0.2) is 5.01 Å². The number of aromatic nitrogens is 2. The number of hydrogen-bond donors (Lipinski definition) is 0. The third-order valence-corrected chi connectivity index (χ3v) is 7.42. The second kappa shape index (κ2) is 6.99. The normalized spacial score (nSPS) is 11.7. The Morgan fingerprint density at radius 1 is 1.07 bits per heavy atom. The fourth-order valence-electron chi connectivity index (χ4n) is 2.55. The van der Waals surface area contributed by atoms with E-state index in [-0.39, 0.29) is 26.1 Å². The van der Waals surface area contributed by atoms with Gasteiger partial charge in [-0.3, -0.25) is 4.79 Å². The van der Waals surface area contributed by atoms with Crippen LogP contribution in [0, 0.1) is 0 Å². The predicted octanol–water partition coefficient (Wildman–Crippen LogP) is 4.05. The maximum absolute atomic E-state index is 12.7. The monoisotopic (exact) mass is 462 g/mol. The lowest BCUT2D eigenvalue weighted by molar-refractivity contribution is 0.593. The van der Waals surface area contributed by atoms with Gasteiger partial charge in [-0.05, 0) is 23.8 Å². The van der Waals surface area contributed by atoms with E-state index in [9.17, 15) is 13.2 Å². The lowest BCUT2D eigenvalue weighted by atomic mass is 10.2. The Hall–Kier alpha value is -2.36.